The molecule has 0 aliphatic heterocycles. The third kappa shape index (κ3) is 5.58. The molecule has 2 aromatic rings. The standard InChI is InChI=1S/C16H14N2O5/c19-16(10-17-23-12-13-4-2-1-3-5-13)22-11-14-6-8-15(9-7-14)18(20)21/h1-10H,11-12H2/b17-10+. The predicted octanol–water partition coefficient (Wildman–Crippen LogP) is 2.84. The molecule has 0 atom stereocenters. The highest BCUT2D eigenvalue weighted by molar-refractivity contribution is 6.22. The summed E-state index contributed by atoms with van der Waals surface area (Å²) in [7, 11) is 0. The number of benzene rings is 2. The number of hydrogen-bond donors (Lipinski definition) is 0. The fraction of sp³-hybridized carbons (Fsp3) is 0.125. The summed E-state index contributed by atoms with van der Waals surface area (Å²) in [4.78, 5) is 26.4. The number of oxime groups is 1. The second-order valence-corrected chi connectivity index (χ2v) is 4.52. The molecule has 0 N–H and O–H groups in total. The van der Waals surface area contributed by atoms with Crippen LogP contribution in [0.1, 0.15) is 11.1 Å². The number of hydrogen-bond acceptors (Lipinski definition) is 6. The fourth-order valence-corrected chi connectivity index (χ4v) is 1.67. The molecule has 7 nitrogen and oxygen atoms in total. The van der Waals surface area contributed by atoms with E-state index in [9.17, 15) is 14.9 Å². The molecule has 0 amide bonds. The number of nitrogens with zero attached hydrogens (tertiary/aromatic N) is 2. The van der Waals surface area contributed by atoms with Gasteiger partial charge in [0.15, 0.2) is 6.21 Å². The first-order chi connectivity index (χ1) is 11.1. The first-order valence-corrected chi connectivity index (χ1v) is 6.74. The van der Waals surface area contributed by atoms with Crippen LogP contribution in [0.25, 0.3) is 0 Å². The topological polar surface area (TPSA) is 91.0 Å². The first-order valence-electron chi connectivity index (χ1n) is 6.74. The molecule has 23 heavy (non-hydrogen) atoms. The minimum absolute atomic E-state index is 0.00152. The highest BCUT2D eigenvalue weighted by atomic mass is 16.6. The van der Waals surface area contributed by atoms with Crippen molar-refractivity contribution in [3.63, 3.8) is 0 Å². The van der Waals surface area contributed by atoms with Gasteiger partial charge >= 0.3 is 5.97 Å². The van der Waals surface area contributed by atoms with Crippen molar-refractivity contribution in [3.8, 4) is 0 Å². The fourth-order valence-electron chi connectivity index (χ4n) is 1.67. The molecule has 0 aromatic heterocycles. The van der Waals surface area contributed by atoms with Gasteiger partial charge in [-0.1, -0.05) is 35.5 Å². The average molecular weight is 314 g/mol. The number of rotatable bonds is 7. The maximum absolute atomic E-state index is 11.4. The number of non-ortho nitro benzene ring substituents is 1. The van der Waals surface area contributed by atoms with Crippen LogP contribution in [0.15, 0.2) is 59.8 Å². The molecule has 0 heterocycles. The van der Waals surface area contributed by atoms with Crippen LogP contribution in [0.3, 0.4) is 0 Å². The Labute approximate surface area is 132 Å². The second kappa shape index (κ2) is 8.28. The molecule has 2 aromatic carbocycles. The third-order valence-corrected chi connectivity index (χ3v) is 2.83. The normalized spacial score (nSPS) is 10.4. The highest BCUT2D eigenvalue weighted by Gasteiger charge is 2.05. The summed E-state index contributed by atoms with van der Waals surface area (Å²) in [5.41, 5.74) is 1.56. The summed E-state index contributed by atoms with van der Waals surface area (Å²) >= 11 is 0. The van der Waals surface area contributed by atoms with Gasteiger partial charge in [-0.25, -0.2) is 4.79 Å². The van der Waals surface area contributed by atoms with E-state index >= 15 is 0 Å². The van der Waals surface area contributed by atoms with E-state index in [1.807, 2.05) is 30.3 Å². The van der Waals surface area contributed by atoms with Gasteiger partial charge in [-0.05, 0) is 23.3 Å². The van der Waals surface area contributed by atoms with E-state index in [4.69, 9.17) is 9.57 Å². The Kier molecular flexibility index (Phi) is 5.81. The van der Waals surface area contributed by atoms with Crippen molar-refractivity contribution in [1.29, 1.82) is 0 Å². The summed E-state index contributed by atoms with van der Waals surface area (Å²) in [6, 6.07) is 15.1. The minimum atomic E-state index is -0.656. The lowest BCUT2D eigenvalue weighted by atomic mass is 10.2. The van der Waals surface area contributed by atoms with Crippen molar-refractivity contribution in [2.75, 3.05) is 0 Å². The van der Waals surface area contributed by atoms with Crippen molar-refractivity contribution < 1.29 is 19.3 Å². The van der Waals surface area contributed by atoms with Crippen LogP contribution in [-0.2, 0) is 27.6 Å². The molecule has 0 saturated heterocycles. The van der Waals surface area contributed by atoms with Gasteiger partial charge in [0.1, 0.15) is 13.2 Å². The van der Waals surface area contributed by atoms with Gasteiger partial charge in [-0.3, -0.25) is 10.1 Å². The van der Waals surface area contributed by atoms with Gasteiger partial charge in [-0.2, -0.15) is 0 Å². The molecule has 0 radical (unpaired) electrons. The Hall–Kier alpha value is -3.22. The number of esters is 1. The molecule has 118 valence electrons. The zero-order chi connectivity index (χ0) is 16.5. The lowest BCUT2D eigenvalue weighted by Gasteiger charge is -2.02. The largest absolute Gasteiger partial charge is 0.456 e. The predicted molar refractivity (Wildman–Crippen MR) is 82.6 cm³/mol. The molecule has 0 unspecified atom stereocenters. The highest BCUT2D eigenvalue weighted by Crippen LogP contribution is 2.12. The van der Waals surface area contributed by atoms with Gasteiger partial charge in [0.05, 0.1) is 4.92 Å². The first kappa shape index (κ1) is 16.2. The van der Waals surface area contributed by atoms with E-state index in [0.717, 1.165) is 11.8 Å². The number of carbonyl (C=O) groups excluding carboxylic acids is 1. The quantitative estimate of drug-likeness (QED) is 0.339. The van der Waals surface area contributed by atoms with E-state index in [1.165, 1.54) is 24.3 Å². The van der Waals surface area contributed by atoms with Gasteiger partial charge < -0.3 is 9.57 Å². The van der Waals surface area contributed by atoms with Crippen molar-refractivity contribution in [2.45, 2.75) is 13.2 Å². The van der Waals surface area contributed by atoms with Gasteiger partial charge in [-0.15, -0.1) is 0 Å². The monoisotopic (exact) mass is 314 g/mol. The molecule has 0 aliphatic carbocycles. The van der Waals surface area contributed by atoms with Crippen molar-refractivity contribution in [2.24, 2.45) is 5.16 Å². The lowest BCUT2D eigenvalue weighted by Crippen LogP contribution is -2.06. The zero-order valence-corrected chi connectivity index (χ0v) is 12.1. The molecule has 0 aliphatic rings. The van der Waals surface area contributed by atoms with Gasteiger partial charge in [0.2, 0.25) is 0 Å². The third-order valence-electron chi connectivity index (χ3n) is 2.83. The van der Waals surface area contributed by atoms with Crippen LogP contribution in [0, 0.1) is 10.1 Å². The summed E-state index contributed by atoms with van der Waals surface area (Å²) < 4.78 is 4.94. The van der Waals surface area contributed by atoms with Crippen LogP contribution in [0.5, 0.6) is 0 Å². The van der Waals surface area contributed by atoms with Gasteiger partial charge in [0, 0.05) is 12.1 Å². The van der Waals surface area contributed by atoms with Crippen LogP contribution >= 0.6 is 0 Å². The molecule has 2 rings (SSSR count). The van der Waals surface area contributed by atoms with Crippen molar-refractivity contribution in [3.05, 3.63) is 75.8 Å². The maximum atomic E-state index is 11.4. The number of nitro benzene ring substituents is 1. The number of ether oxygens (including phenoxy) is 1. The van der Waals surface area contributed by atoms with E-state index in [2.05, 4.69) is 5.16 Å². The summed E-state index contributed by atoms with van der Waals surface area (Å²) in [5, 5.41) is 14.0. The van der Waals surface area contributed by atoms with E-state index in [-0.39, 0.29) is 18.9 Å². The number of nitro groups is 1. The van der Waals surface area contributed by atoms with Crippen LogP contribution in [0.2, 0.25) is 0 Å². The Bertz CT molecular complexity index is 683. The van der Waals surface area contributed by atoms with Crippen molar-refractivity contribution >= 4 is 17.9 Å². The second-order valence-electron chi connectivity index (χ2n) is 4.52. The Balaban J connectivity index is 1.72. The molecule has 7 heteroatoms. The molecule has 0 bridgehead atoms. The minimum Gasteiger partial charge on any atom is -0.456 e. The SMILES string of the molecule is O=C(/C=N/OCc1ccccc1)OCc1ccc([N+](=O)[O-])cc1. The Morgan fingerprint density at radius 1 is 1.04 bits per heavy atom. The molecular weight excluding hydrogens is 300 g/mol. The summed E-state index contributed by atoms with van der Waals surface area (Å²) in [6.07, 6.45) is 0.939. The molecule has 0 saturated carbocycles. The van der Waals surface area contributed by atoms with Crippen LogP contribution < -0.4 is 0 Å². The maximum Gasteiger partial charge on any atom is 0.353 e. The summed E-state index contributed by atoms with van der Waals surface area (Å²) in [5.74, 6) is -0.656. The van der Waals surface area contributed by atoms with Gasteiger partial charge in [0.25, 0.3) is 5.69 Å². The van der Waals surface area contributed by atoms with Crippen LogP contribution in [0.4, 0.5) is 5.69 Å². The van der Waals surface area contributed by atoms with E-state index in [0.29, 0.717) is 5.56 Å². The van der Waals surface area contributed by atoms with Crippen LogP contribution in [-0.4, -0.2) is 17.1 Å². The lowest BCUT2D eigenvalue weighted by molar-refractivity contribution is -0.384. The average Bonchev–Trinajstić information content (AvgIpc) is 2.58. The number of carbonyl (C=O) groups is 1. The smallest absolute Gasteiger partial charge is 0.353 e. The van der Waals surface area contributed by atoms with E-state index < -0.39 is 10.9 Å². The molecule has 0 fully saturated rings. The molecule has 0 spiro atoms. The Morgan fingerprint density at radius 3 is 2.35 bits per heavy atom. The van der Waals surface area contributed by atoms with E-state index in [1.54, 1.807) is 0 Å². The zero-order valence-electron chi connectivity index (χ0n) is 12.1. The molecular formula is C16H14N2O5. The summed E-state index contributed by atoms with van der Waals surface area (Å²) in [6.45, 7) is 0.258. The Morgan fingerprint density at radius 2 is 1.70 bits per heavy atom. The van der Waals surface area contributed by atoms with Crippen molar-refractivity contribution in [1.82, 2.24) is 0 Å².